The number of nitrogens with zero attached hydrogens (tertiary/aromatic N) is 4. The summed E-state index contributed by atoms with van der Waals surface area (Å²) < 4.78 is 1.94. The normalized spacial score (nSPS) is 12.8. The summed E-state index contributed by atoms with van der Waals surface area (Å²) in [5.41, 5.74) is 4.88. The highest BCUT2D eigenvalue weighted by atomic mass is 15.3. The Labute approximate surface area is 119 Å². The third-order valence-electron chi connectivity index (χ3n) is 3.16. The van der Waals surface area contributed by atoms with E-state index in [0.29, 0.717) is 12.3 Å². The molecule has 20 heavy (non-hydrogen) atoms. The van der Waals surface area contributed by atoms with E-state index < -0.39 is 0 Å². The zero-order valence-electron chi connectivity index (χ0n) is 12.2. The summed E-state index contributed by atoms with van der Waals surface area (Å²) in [4.78, 5) is 8.65. The minimum absolute atomic E-state index is 0.0155. The Kier molecular flexibility index (Phi) is 4.81. The van der Waals surface area contributed by atoms with Gasteiger partial charge in [-0.2, -0.15) is 5.10 Å². The molecule has 2 aromatic heterocycles. The van der Waals surface area contributed by atoms with Gasteiger partial charge >= 0.3 is 0 Å². The van der Waals surface area contributed by atoms with Crippen LogP contribution in [0.3, 0.4) is 0 Å². The number of hydrogen-bond acceptors (Lipinski definition) is 5. The summed E-state index contributed by atoms with van der Waals surface area (Å²) in [6.45, 7) is 7.15. The maximum atomic E-state index is 5.68. The van der Waals surface area contributed by atoms with Gasteiger partial charge in [-0.25, -0.2) is 9.67 Å². The van der Waals surface area contributed by atoms with Crippen LogP contribution in [0.2, 0.25) is 0 Å². The van der Waals surface area contributed by atoms with Gasteiger partial charge in [-0.15, -0.1) is 0 Å². The van der Waals surface area contributed by atoms with Crippen LogP contribution in [0, 0.1) is 12.8 Å². The minimum Gasteiger partial charge on any atom is -0.271 e. The zero-order valence-corrected chi connectivity index (χ0v) is 12.2. The summed E-state index contributed by atoms with van der Waals surface area (Å²) in [7, 11) is 0. The molecule has 6 heteroatoms. The lowest BCUT2D eigenvalue weighted by molar-refractivity contribution is 0.446. The van der Waals surface area contributed by atoms with Crippen LogP contribution in [-0.4, -0.2) is 19.7 Å². The molecule has 2 heterocycles. The van der Waals surface area contributed by atoms with Crippen molar-refractivity contribution in [2.45, 2.75) is 39.8 Å². The second-order valence-corrected chi connectivity index (χ2v) is 5.41. The lowest BCUT2D eigenvalue weighted by Gasteiger charge is -2.16. The molecule has 0 spiro atoms. The maximum Gasteiger partial charge on any atom is 0.138 e. The van der Waals surface area contributed by atoms with Gasteiger partial charge in [-0.1, -0.05) is 19.9 Å². The largest absolute Gasteiger partial charge is 0.271 e. The van der Waals surface area contributed by atoms with Crippen molar-refractivity contribution in [3.05, 3.63) is 41.7 Å². The molecule has 1 unspecified atom stereocenters. The molecule has 0 aliphatic rings. The number of pyridine rings is 1. The Hall–Kier alpha value is -1.79. The Morgan fingerprint density at radius 1 is 1.30 bits per heavy atom. The van der Waals surface area contributed by atoms with E-state index in [2.05, 4.69) is 34.3 Å². The van der Waals surface area contributed by atoms with Crippen molar-refractivity contribution >= 4 is 0 Å². The van der Waals surface area contributed by atoms with E-state index >= 15 is 0 Å². The molecule has 1 atom stereocenters. The first-order valence-corrected chi connectivity index (χ1v) is 6.85. The predicted molar refractivity (Wildman–Crippen MR) is 77.6 cm³/mol. The molecule has 6 nitrogen and oxygen atoms in total. The average molecular weight is 274 g/mol. The van der Waals surface area contributed by atoms with Crippen molar-refractivity contribution in [2.75, 3.05) is 0 Å². The molecule has 108 valence electrons. The van der Waals surface area contributed by atoms with Gasteiger partial charge in [0.15, 0.2) is 0 Å². The monoisotopic (exact) mass is 274 g/mol. The number of aryl methyl sites for hydroxylation is 1. The molecule has 0 bridgehead atoms. The van der Waals surface area contributed by atoms with Crippen molar-refractivity contribution in [3.63, 3.8) is 0 Å². The molecular weight excluding hydrogens is 252 g/mol. The molecule has 0 radical (unpaired) electrons. The standard InChI is InChI=1S/C14H22N6/c1-10(2)8-20-14(17-9-18-20)6-13(19-15)12-5-4-11(3)16-7-12/h4-5,7,9-10,13,19H,6,8,15H2,1-3H3. The average Bonchev–Trinajstić information content (AvgIpc) is 2.83. The van der Waals surface area contributed by atoms with Gasteiger partial charge in [0.2, 0.25) is 0 Å². The summed E-state index contributed by atoms with van der Waals surface area (Å²) in [6, 6.07) is 4.01. The van der Waals surface area contributed by atoms with E-state index in [1.807, 2.05) is 29.9 Å². The highest BCUT2D eigenvalue weighted by Crippen LogP contribution is 2.16. The number of aromatic nitrogens is 4. The van der Waals surface area contributed by atoms with E-state index in [4.69, 9.17) is 5.84 Å². The van der Waals surface area contributed by atoms with Gasteiger partial charge < -0.3 is 0 Å². The second-order valence-electron chi connectivity index (χ2n) is 5.41. The van der Waals surface area contributed by atoms with Crippen LogP contribution in [0.5, 0.6) is 0 Å². The third kappa shape index (κ3) is 3.61. The van der Waals surface area contributed by atoms with Crippen LogP contribution >= 0.6 is 0 Å². The Morgan fingerprint density at radius 2 is 2.10 bits per heavy atom. The third-order valence-corrected chi connectivity index (χ3v) is 3.16. The lowest BCUT2D eigenvalue weighted by Crippen LogP contribution is -2.30. The Morgan fingerprint density at radius 3 is 2.70 bits per heavy atom. The molecule has 3 N–H and O–H groups in total. The van der Waals surface area contributed by atoms with Gasteiger partial charge in [0, 0.05) is 24.9 Å². The smallest absolute Gasteiger partial charge is 0.138 e. The highest BCUT2D eigenvalue weighted by Gasteiger charge is 2.15. The Balaban J connectivity index is 2.14. The van der Waals surface area contributed by atoms with E-state index in [0.717, 1.165) is 23.6 Å². The highest BCUT2D eigenvalue weighted by molar-refractivity contribution is 5.18. The molecule has 0 aliphatic heterocycles. The van der Waals surface area contributed by atoms with E-state index in [-0.39, 0.29) is 6.04 Å². The molecule has 0 aliphatic carbocycles. The second kappa shape index (κ2) is 6.58. The van der Waals surface area contributed by atoms with Crippen LogP contribution in [0.25, 0.3) is 0 Å². The van der Waals surface area contributed by atoms with Crippen molar-refractivity contribution < 1.29 is 0 Å². The summed E-state index contributed by atoms with van der Waals surface area (Å²) in [5, 5.41) is 4.27. The fourth-order valence-corrected chi connectivity index (χ4v) is 2.09. The van der Waals surface area contributed by atoms with Crippen LogP contribution in [0.15, 0.2) is 24.7 Å². The van der Waals surface area contributed by atoms with Gasteiger partial charge in [-0.3, -0.25) is 16.3 Å². The predicted octanol–water partition coefficient (Wildman–Crippen LogP) is 1.38. The maximum absolute atomic E-state index is 5.68. The van der Waals surface area contributed by atoms with E-state index in [9.17, 15) is 0 Å². The molecule has 0 saturated carbocycles. The number of hydrazine groups is 1. The van der Waals surface area contributed by atoms with Crippen molar-refractivity contribution in [1.29, 1.82) is 0 Å². The van der Waals surface area contributed by atoms with Crippen LogP contribution < -0.4 is 11.3 Å². The number of nitrogens with one attached hydrogen (secondary N) is 1. The van der Waals surface area contributed by atoms with Gasteiger partial charge in [0.1, 0.15) is 12.2 Å². The zero-order chi connectivity index (χ0) is 14.5. The van der Waals surface area contributed by atoms with Gasteiger partial charge in [-0.05, 0) is 24.5 Å². The quantitative estimate of drug-likeness (QED) is 0.614. The summed E-state index contributed by atoms with van der Waals surface area (Å²) >= 11 is 0. The number of rotatable bonds is 6. The van der Waals surface area contributed by atoms with Crippen molar-refractivity contribution in [3.8, 4) is 0 Å². The SMILES string of the molecule is Cc1ccc(C(Cc2ncnn2CC(C)C)NN)cn1. The molecule has 2 rings (SSSR count). The fourth-order valence-electron chi connectivity index (χ4n) is 2.09. The lowest BCUT2D eigenvalue weighted by atomic mass is 10.1. The van der Waals surface area contributed by atoms with Crippen LogP contribution in [0.4, 0.5) is 0 Å². The van der Waals surface area contributed by atoms with Crippen molar-refractivity contribution in [1.82, 2.24) is 25.2 Å². The molecular formula is C14H22N6. The van der Waals surface area contributed by atoms with E-state index in [1.54, 1.807) is 6.33 Å². The van der Waals surface area contributed by atoms with Gasteiger partial charge in [0.05, 0.1) is 6.04 Å². The van der Waals surface area contributed by atoms with Crippen LogP contribution in [-0.2, 0) is 13.0 Å². The summed E-state index contributed by atoms with van der Waals surface area (Å²) in [5.74, 6) is 7.14. The molecule has 0 saturated heterocycles. The van der Waals surface area contributed by atoms with Crippen LogP contribution in [0.1, 0.15) is 37.0 Å². The molecule has 0 amide bonds. The Bertz CT molecular complexity index is 531. The number of hydrogen-bond donors (Lipinski definition) is 2. The van der Waals surface area contributed by atoms with E-state index in [1.165, 1.54) is 0 Å². The summed E-state index contributed by atoms with van der Waals surface area (Å²) in [6.07, 6.45) is 4.13. The first-order valence-electron chi connectivity index (χ1n) is 6.85. The molecule has 0 aromatic carbocycles. The minimum atomic E-state index is -0.0155. The first-order chi connectivity index (χ1) is 9.60. The number of nitrogens with two attached hydrogens (primary N) is 1. The molecule has 2 aromatic rings. The van der Waals surface area contributed by atoms with Gasteiger partial charge in [0.25, 0.3) is 0 Å². The van der Waals surface area contributed by atoms with Crippen molar-refractivity contribution in [2.24, 2.45) is 11.8 Å². The first kappa shape index (κ1) is 14.6. The fraction of sp³-hybridized carbons (Fsp3) is 0.500. The topological polar surface area (TPSA) is 81.7 Å². The molecule has 0 fully saturated rings.